The third-order valence-electron chi connectivity index (χ3n) is 9.39. The number of aromatic nitrogens is 3. The highest BCUT2D eigenvalue weighted by atomic mass is 16.5. The van der Waals surface area contributed by atoms with Crippen LogP contribution in [0.15, 0.2) is 122 Å². The maximum Gasteiger partial charge on any atom is 0.339 e. The maximum absolute atomic E-state index is 12.4. The SMILES string of the molecule is COC(=O)c1cc(C2CC2)cnc1Cc1cc(C)c2c(ccn2Cc2ccccc2)c1.Cc1cc(N)cc2ccn(Cc3ccccc3)c12. The molecular weight excluding hydrogens is 604 g/mol. The number of ether oxygens (including phenoxy) is 1. The van der Waals surface area contributed by atoms with Crippen molar-refractivity contribution in [3.8, 4) is 0 Å². The molecule has 1 saturated carbocycles. The van der Waals surface area contributed by atoms with Crippen molar-refractivity contribution in [2.24, 2.45) is 0 Å². The summed E-state index contributed by atoms with van der Waals surface area (Å²) < 4.78 is 9.62. The molecule has 4 aromatic carbocycles. The van der Waals surface area contributed by atoms with Crippen molar-refractivity contribution in [2.45, 2.75) is 52.1 Å². The third-order valence-corrected chi connectivity index (χ3v) is 9.39. The molecule has 0 radical (unpaired) electrons. The van der Waals surface area contributed by atoms with Gasteiger partial charge in [-0.15, -0.1) is 0 Å². The Bertz CT molecular complexity index is 2250. The number of methoxy groups -OCH3 is 1. The lowest BCUT2D eigenvalue weighted by Crippen LogP contribution is -2.09. The fourth-order valence-electron chi connectivity index (χ4n) is 6.94. The number of carbonyl (C=O) groups is 1. The molecule has 3 heterocycles. The summed E-state index contributed by atoms with van der Waals surface area (Å²) in [5.74, 6) is 0.241. The van der Waals surface area contributed by atoms with Crippen LogP contribution in [0.2, 0.25) is 0 Å². The Labute approximate surface area is 287 Å². The maximum atomic E-state index is 12.4. The molecule has 0 aliphatic heterocycles. The summed E-state index contributed by atoms with van der Waals surface area (Å²) in [6, 6.07) is 35.8. The molecule has 3 aromatic heterocycles. The van der Waals surface area contributed by atoms with Gasteiger partial charge in [0.05, 0.1) is 29.4 Å². The molecule has 7 aromatic rings. The van der Waals surface area contributed by atoms with E-state index in [2.05, 4.69) is 113 Å². The van der Waals surface area contributed by atoms with Crippen LogP contribution in [0.25, 0.3) is 21.8 Å². The number of rotatable bonds is 8. The molecule has 0 unspecified atom stereocenters. The highest BCUT2D eigenvalue weighted by Gasteiger charge is 2.26. The zero-order chi connectivity index (χ0) is 33.9. The minimum Gasteiger partial charge on any atom is -0.465 e. The first-order valence-electron chi connectivity index (χ1n) is 16.9. The minimum atomic E-state index is -0.309. The van der Waals surface area contributed by atoms with E-state index >= 15 is 0 Å². The van der Waals surface area contributed by atoms with Crippen LogP contribution in [0.1, 0.15) is 68.2 Å². The topological polar surface area (TPSA) is 75.1 Å². The van der Waals surface area contributed by atoms with Gasteiger partial charge >= 0.3 is 5.97 Å². The number of pyridine rings is 1. The van der Waals surface area contributed by atoms with Crippen LogP contribution in [-0.2, 0) is 24.2 Å². The normalized spacial score (nSPS) is 12.6. The summed E-state index contributed by atoms with van der Waals surface area (Å²) in [6.07, 6.45) is 9.17. The van der Waals surface area contributed by atoms with Crippen LogP contribution >= 0.6 is 0 Å². The Balaban J connectivity index is 0.000000178. The number of nitrogen functional groups attached to an aromatic ring is 1. The molecule has 6 heteroatoms. The van der Waals surface area contributed by atoms with E-state index in [9.17, 15) is 4.79 Å². The largest absolute Gasteiger partial charge is 0.465 e. The Morgan fingerprint density at radius 3 is 1.90 bits per heavy atom. The van der Waals surface area contributed by atoms with Gasteiger partial charge in [0, 0.05) is 54.6 Å². The number of benzene rings is 4. The Hall–Kier alpha value is -5.62. The molecule has 2 N–H and O–H groups in total. The summed E-state index contributed by atoms with van der Waals surface area (Å²) in [7, 11) is 1.43. The number of aryl methyl sites for hydroxylation is 2. The summed E-state index contributed by atoms with van der Waals surface area (Å²) >= 11 is 0. The number of nitrogens with two attached hydrogens (primary N) is 1. The molecule has 6 nitrogen and oxygen atoms in total. The summed E-state index contributed by atoms with van der Waals surface area (Å²) in [4.78, 5) is 17.1. The van der Waals surface area contributed by atoms with Crippen LogP contribution in [0.3, 0.4) is 0 Å². The molecule has 0 amide bonds. The Morgan fingerprint density at radius 2 is 1.33 bits per heavy atom. The van der Waals surface area contributed by atoms with Crippen molar-refractivity contribution in [3.05, 3.63) is 166 Å². The van der Waals surface area contributed by atoms with Crippen molar-refractivity contribution >= 4 is 33.5 Å². The van der Waals surface area contributed by atoms with Gasteiger partial charge in [-0.25, -0.2) is 4.79 Å². The molecule has 0 atom stereocenters. The monoisotopic (exact) mass is 646 g/mol. The molecule has 1 fully saturated rings. The van der Waals surface area contributed by atoms with Crippen LogP contribution < -0.4 is 5.73 Å². The highest BCUT2D eigenvalue weighted by Crippen LogP contribution is 2.40. The molecule has 1 aliphatic carbocycles. The number of hydrogen-bond donors (Lipinski definition) is 1. The first-order valence-corrected chi connectivity index (χ1v) is 16.9. The third kappa shape index (κ3) is 7.14. The van der Waals surface area contributed by atoms with Crippen LogP contribution in [0.5, 0.6) is 0 Å². The molecule has 49 heavy (non-hydrogen) atoms. The first kappa shape index (κ1) is 32.0. The second-order valence-corrected chi connectivity index (χ2v) is 13.2. The summed E-state index contributed by atoms with van der Waals surface area (Å²) in [6.45, 7) is 6.01. The lowest BCUT2D eigenvalue weighted by molar-refractivity contribution is 0.0599. The van der Waals surface area contributed by atoms with E-state index in [0.717, 1.165) is 35.6 Å². The average molecular weight is 647 g/mol. The van der Waals surface area contributed by atoms with E-state index in [0.29, 0.717) is 17.9 Å². The molecular formula is C43H42N4O2. The minimum absolute atomic E-state index is 0.309. The van der Waals surface area contributed by atoms with Gasteiger partial charge in [0.1, 0.15) is 0 Å². The van der Waals surface area contributed by atoms with Crippen molar-refractivity contribution in [2.75, 3.05) is 12.8 Å². The van der Waals surface area contributed by atoms with Gasteiger partial charge in [0.2, 0.25) is 0 Å². The Kier molecular flexibility index (Phi) is 9.03. The van der Waals surface area contributed by atoms with Crippen LogP contribution in [-0.4, -0.2) is 27.2 Å². The van der Waals surface area contributed by atoms with Crippen LogP contribution in [0.4, 0.5) is 5.69 Å². The molecule has 1 aliphatic rings. The number of esters is 1. The van der Waals surface area contributed by atoms with Crippen LogP contribution in [0, 0.1) is 13.8 Å². The lowest BCUT2D eigenvalue weighted by atomic mass is 9.99. The second-order valence-electron chi connectivity index (χ2n) is 13.2. The zero-order valence-corrected chi connectivity index (χ0v) is 28.4. The van der Waals surface area contributed by atoms with Crippen molar-refractivity contribution in [1.29, 1.82) is 0 Å². The molecule has 8 rings (SSSR count). The smallest absolute Gasteiger partial charge is 0.339 e. The number of nitrogens with zero attached hydrogens (tertiary/aromatic N) is 3. The molecule has 0 saturated heterocycles. The molecule has 246 valence electrons. The van der Waals surface area contributed by atoms with Gasteiger partial charge in [-0.3, -0.25) is 4.98 Å². The number of fused-ring (bicyclic) bond motifs is 2. The summed E-state index contributed by atoms with van der Waals surface area (Å²) in [5, 5.41) is 2.42. The number of carbonyl (C=O) groups excluding carboxylic acids is 1. The second kappa shape index (κ2) is 13.9. The van der Waals surface area contributed by atoms with E-state index in [1.165, 1.54) is 64.0 Å². The molecule has 0 bridgehead atoms. The van der Waals surface area contributed by atoms with E-state index in [1.807, 2.05) is 36.5 Å². The predicted molar refractivity (Wildman–Crippen MR) is 199 cm³/mol. The summed E-state index contributed by atoms with van der Waals surface area (Å²) in [5.41, 5.74) is 17.9. The standard InChI is InChI=1S/C27H26N2O2.C16H16N2/c1-18-12-20(13-22-10-11-29(26(18)22)17-19-6-4-3-5-7-19)14-25-24(27(30)31-2)15-23(16-28-25)21-8-9-21;1-12-9-15(17)10-14-7-8-18(16(12)14)11-13-5-3-2-4-6-13/h3-7,10-13,15-16,21H,8-9,14,17H2,1-2H3;2-10H,11,17H2,1H3. The van der Waals surface area contributed by atoms with E-state index in [1.54, 1.807) is 0 Å². The predicted octanol–water partition coefficient (Wildman–Crippen LogP) is 9.23. The lowest BCUT2D eigenvalue weighted by Gasteiger charge is -2.12. The number of anilines is 1. The van der Waals surface area contributed by atoms with E-state index in [4.69, 9.17) is 10.5 Å². The van der Waals surface area contributed by atoms with Gasteiger partial charge < -0.3 is 19.6 Å². The van der Waals surface area contributed by atoms with Gasteiger partial charge in [0.15, 0.2) is 0 Å². The van der Waals surface area contributed by atoms with Gasteiger partial charge in [-0.1, -0.05) is 66.7 Å². The van der Waals surface area contributed by atoms with Crippen molar-refractivity contribution < 1.29 is 9.53 Å². The number of hydrogen-bond acceptors (Lipinski definition) is 4. The van der Waals surface area contributed by atoms with Crippen molar-refractivity contribution in [3.63, 3.8) is 0 Å². The Morgan fingerprint density at radius 1 is 0.755 bits per heavy atom. The van der Waals surface area contributed by atoms with Gasteiger partial charge in [-0.2, -0.15) is 0 Å². The van der Waals surface area contributed by atoms with E-state index in [-0.39, 0.29) is 5.97 Å². The fourth-order valence-corrected chi connectivity index (χ4v) is 6.94. The molecule has 0 spiro atoms. The van der Waals surface area contributed by atoms with Crippen molar-refractivity contribution in [1.82, 2.24) is 14.1 Å². The average Bonchev–Trinajstić information content (AvgIpc) is 3.77. The van der Waals surface area contributed by atoms with Gasteiger partial charge in [-0.05, 0) is 102 Å². The quantitative estimate of drug-likeness (QED) is 0.132. The fraction of sp³-hybridized carbons (Fsp3) is 0.209. The van der Waals surface area contributed by atoms with E-state index < -0.39 is 0 Å². The highest BCUT2D eigenvalue weighted by molar-refractivity contribution is 5.91. The first-order chi connectivity index (χ1) is 23.9. The zero-order valence-electron chi connectivity index (χ0n) is 28.4. The van der Waals surface area contributed by atoms with Gasteiger partial charge in [0.25, 0.3) is 0 Å².